The molecule has 1 aromatic rings. The summed E-state index contributed by atoms with van der Waals surface area (Å²) in [6, 6.07) is 7.62. The summed E-state index contributed by atoms with van der Waals surface area (Å²) in [5.41, 5.74) is 1.99. The Morgan fingerprint density at radius 3 is 2.79 bits per heavy atom. The van der Waals surface area contributed by atoms with Crippen LogP contribution in [0.3, 0.4) is 0 Å². The normalized spacial score (nSPS) is 10.2. The van der Waals surface area contributed by atoms with Gasteiger partial charge in [0.2, 0.25) is 0 Å². The molecule has 1 rings (SSSR count). The van der Waals surface area contributed by atoms with Crippen LogP contribution in [0.25, 0.3) is 0 Å². The largest absolute Gasteiger partial charge is 0.309 e. The molecule has 0 saturated carbocycles. The molecule has 0 bridgehead atoms. The first-order valence-corrected chi connectivity index (χ1v) is 4.45. The maximum atomic E-state index is 9.97. The van der Waals surface area contributed by atoms with Crippen molar-refractivity contribution in [3.8, 4) is 0 Å². The summed E-state index contributed by atoms with van der Waals surface area (Å²) in [5, 5.41) is 9.20. The van der Waals surface area contributed by atoms with E-state index < -0.39 is 5.09 Å². The van der Waals surface area contributed by atoms with Crippen molar-refractivity contribution in [2.45, 2.75) is 26.4 Å². The van der Waals surface area contributed by atoms with Crippen molar-refractivity contribution in [1.29, 1.82) is 0 Å². The van der Waals surface area contributed by atoms with Crippen LogP contribution in [0.1, 0.15) is 30.9 Å². The summed E-state index contributed by atoms with van der Waals surface area (Å²) in [5.74, 6) is 0.422. The zero-order valence-corrected chi connectivity index (χ0v) is 8.27. The Kier molecular flexibility index (Phi) is 3.45. The van der Waals surface area contributed by atoms with Crippen molar-refractivity contribution in [2.24, 2.45) is 0 Å². The monoisotopic (exact) mass is 195 g/mol. The molecule has 0 unspecified atom stereocenters. The highest BCUT2D eigenvalue weighted by Gasteiger charge is 2.01. The van der Waals surface area contributed by atoms with E-state index in [0.29, 0.717) is 5.92 Å². The van der Waals surface area contributed by atoms with Gasteiger partial charge in [-0.05, 0) is 17.0 Å². The topological polar surface area (TPSA) is 52.4 Å². The highest BCUT2D eigenvalue weighted by molar-refractivity contribution is 5.25. The van der Waals surface area contributed by atoms with E-state index in [0.717, 1.165) is 11.1 Å². The quantitative estimate of drug-likeness (QED) is 0.548. The van der Waals surface area contributed by atoms with Gasteiger partial charge < -0.3 is 4.84 Å². The highest BCUT2D eigenvalue weighted by Crippen LogP contribution is 2.15. The second kappa shape index (κ2) is 4.60. The van der Waals surface area contributed by atoms with E-state index in [1.807, 2.05) is 24.3 Å². The fourth-order valence-corrected chi connectivity index (χ4v) is 1.17. The van der Waals surface area contributed by atoms with Gasteiger partial charge in [0.25, 0.3) is 5.09 Å². The number of nitrogens with zero attached hydrogens (tertiary/aromatic N) is 1. The molecular weight excluding hydrogens is 182 g/mol. The number of hydrogen-bond donors (Lipinski definition) is 0. The molecule has 0 amide bonds. The molecule has 1 aromatic carbocycles. The SMILES string of the molecule is CC(C)c1cccc(CO[N+](=O)[O-])c1. The number of benzene rings is 1. The lowest BCUT2D eigenvalue weighted by atomic mass is 10.0. The van der Waals surface area contributed by atoms with Crippen molar-refractivity contribution in [3.05, 3.63) is 45.5 Å². The van der Waals surface area contributed by atoms with Crippen LogP contribution in [0.5, 0.6) is 0 Å². The van der Waals surface area contributed by atoms with E-state index in [1.165, 1.54) is 0 Å². The molecule has 0 aliphatic rings. The Bertz CT molecular complexity index is 323. The van der Waals surface area contributed by atoms with Gasteiger partial charge in [-0.1, -0.05) is 38.1 Å². The average Bonchev–Trinajstić information content (AvgIpc) is 2.15. The first-order valence-electron chi connectivity index (χ1n) is 4.45. The van der Waals surface area contributed by atoms with Crippen LogP contribution in [-0.2, 0) is 11.4 Å². The first kappa shape index (κ1) is 10.5. The number of rotatable bonds is 4. The van der Waals surface area contributed by atoms with Crippen LogP contribution in [0.15, 0.2) is 24.3 Å². The lowest BCUT2D eigenvalue weighted by Crippen LogP contribution is -2.01. The smallest absolute Gasteiger partial charge is 0.294 e. The van der Waals surface area contributed by atoms with E-state index in [-0.39, 0.29) is 6.61 Å². The van der Waals surface area contributed by atoms with E-state index in [1.54, 1.807) is 0 Å². The molecule has 4 nitrogen and oxygen atoms in total. The minimum Gasteiger partial charge on any atom is -0.309 e. The highest BCUT2D eigenvalue weighted by atomic mass is 16.9. The van der Waals surface area contributed by atoms with Gasteiger partial charge in [-0.15, -0.1) is 10.1 Å². The van der Waals surface area contributed by atoms with Crippen LogP contribution < -0.4 is 0 Å². The van der Waals surface area contributed by atoms with Gasteiger partial charge in [0, 0.05) is 0 Å². The summed E-state index contributed by atoms with van der Waals surface area (Å²) in [6.07, 6.45) is 0. The predicted molar refractivity (Wildman–Crippen MR) is 52.3 cm³/mol. The van der Waals surface area contributed by atoms with Gasteiger partial charge >= 0.3 is 0 Å². The van der Waals surface area contributed by atoms with Crippen LogP contribution >= 0.6 is 0 Å². The average molecular weight is 195 g/mol. The molecule has 0 radical (unpaired) electrons. The second-order valence-electron chi connectivity index (χ2n) is 3.40. The van der Waals surface area contributed by atoms with Gasteiger partial charge in [0.15, 0.2) is 0 Å². The molecule has 0 aliphatic heterocycles. The zero-order valence-electron chi connectivity index (χ0n) is 8.27. The maximum absolute atomic E-state index is 9.97. The fraction of sp³-hybridized carbons (Fsp3) is 0.400. The van der Waals surface area contributed by atoms with Crippen molar-refractivity contribution in [2.75, 3.05) is 0 Å². The fourth-order valence-electron chi connectivity index (χ4n) is 1.17. The van der Waals surface area contributed by atoms with Gasteiger partial charge in [0.05, 0.1) is 0 Å². The van der Waals surface area contributed by atoms with E-state index in [4.69, 9.17) is 0 Å². The van der Waals surface area contributed by atoms with Crippen molar-refractivity contribution < 1.29 is 9.92 Å². The summed E-state index contributed by atoms with van der Waals surface area (Å²) < 4.78 is 0. The summed E-state index contributed by atoms with van der Waals surface area (Å²) in [6.45, 7) is 4.18. The van der Waals surface area contributed by atoms with Crippen LogP contribution in [-0.4, -0.2) is 5.09 Å². The second-order valence-corrected chi connectivity index (χ2v) is 3.40. The van der Waals surface area contributed by atoms with Gasteiger partial charge in [-0.3, -0.25) is 0 Å². The molecule has 0 aromatic heterocycles. The van der Waals surface area contributed by atoms with Crippen molar-refractivity contribution in [1.82, 2.24) is 0 Å². The molecule has 4 heteroatoms. The third-order valence-corrected chi connectivity index (χ3v) is 1.95. The molecule has 0 N–H and O–H groups in total. The molecule has 0 atom stereocenters. The van der Waals surface area contributed by atoms with Crippen molar-refractivity contribution >= 4 is 0 Å². The standard InChI is InChI=1S/C10H13NO3/c1-8(2)10-5-3-4-9(6-10)7-14-11(12)13/h3-6,8H,7H2,1-2H3. The van der Waals surface area contributed by atoms with E-state index in [2.05, 4.69) is 18.7 Å². The van der Waals surface area contributed by atoms with Gasteiger partial charge in [-0.25, -0.2) is 0 Å². The lowest BCUT2D eigenvalue weighted by molar-refractivity contribution is -0.763. The lowest BCUT2D eigenvalue weighted by Gasteiger charge is -2.07. The zero-order chi connectivity index (χ0) is 10.6. The first-order chi connectivity index (χ1) is 6.59. The van der Waals surface area contributed by atoms with E-state index in [9.17, 15) is 10.1 Å². The van der Waals surface area contributed by atoms with Gasteiger partial charge in [-0.2, -0.15) is 0 Å². The Morgan fingerprint density at radius 1 is 1.50 bits per heavy atom. The molecule has 0 heterocycles. The minimum atomic E-state index is -0.776. The van der Waals surface area contributed by atoms with E-state index >= 15 is 0 Å². The Balaban J connectivity index is 2.68. The Morgan fingerprint density at radius 2 is 2.21 bits per heavy atom. The van der Waals surface area contributed by atoms with Crippen LogP contribution in [0.2, 0.25) is 0 Å². The molecule has 0 saturated heterocycles. The molecular formula is C10H13NO3. The van der Waals surface area contributed by atoms with Gasteiger partial charge in [0.1, 0.15) is 6.61 Å². The predicted octanol–water partition coefficient (Wildman–Crippen LogP) is 2.52. The molecule has 0 spiro atoms. The molecule has 0 aliphatic carbocycles. The molecule has 76 valence electrons. The third-order valence-electron chi connectivity index (χ3n) is 1.95. The molecule has 0 fully saturated rings. The number of hydrogen-bond acceptors (Lipinski definition) is 3. The molecule has 14 heavy (non-hydrogen) atoms. The van der Waals surface area contributed by atoms with Crippen molar-refractivity contribution in [3.63, 3.8) is 0 Å². The minimum absolute atomic E-state index is 0.0214. The van der Waals surface area contributed by atoms with Crippen LogP contribution in [0, 0.1) is 10.1 Å². The summed E-state index contributed by atoms with van der Waals surface area (Å²) in [4.78, 5) is 14.3. The Labute approximate surface area is 82.6 Å². The summed E-state index contributed by atoms with van der Waals surface area (Å²) in [7, 11) is 0. The maximum Gasteiger partial charge on any atom is 0.294 e. The van der Waals surface area contributed by atoms with Crippen LogP contribution in [0.4, 0.5) is 0 Å². The summed E-state index contributed by atoms with van der Waals surface area (Å²) >= 11 is 0. The third kappa shape index (κ3) is 3.05. The Hall–Kier alpha value is -1.58.